The fourth-order valence-electron chi connectivity index (χ4n) is 1.46. The van der Waals surface area contributed by atoms with Crippen LogP contribution in [0, 0.1) is 6.92 Å². The highest BCUT2D eigenvalue weighted by Gasteiger charge is 2.12. The van der Waals surface area contributed by atoms with Gasteiger partial charge in [0.05, 0.1) is 6.54 Å². The summed E-state index contributed by atoms with van der Waals surface area (Å²) in [5, 5.41) is 12.2. The van der Waals surface area contributed by atoms with Crippen molar-refractivity contribution < 1.29 is 4.79 Å². The quantitative estimate of drug-likeness (QED) is 0.857. The van der Waals surface area contributed by atoms with Crippen LogP contribution in [0.5, 0.6) is 0 Å². The lowest BCUT2D eigenvalue weighted by molar-refractivity contribution is 0.0941. The Morgan fingerprint density at radius 2 is 2.33 bits per heavy atom. The second-order valence-electron chi connectivity index (χ2n) is 3.92. The highest BCUT2D eigenvalue weighted by molar-refractivity contribution is 7.09. The third kappa shape index (κ3) is 3.13. The molecule has 18 heavy (non-hydrogen) atoms. The number of aryl methyl sites for hydroxylation is 2. The fraction of sp³-hybridized carbons (Fsp3) is 0.455. The van der Waals surface area contributed by atoms with Gasteiger partial charge in [0.15, 0.2) is 0 Å². The number of nitrogens with zero attached hydrogens (tertiary/aromatic N) is 3. The molecule has 0 radical (unpaired) electrons. The van der Waals surface area contributed by atoms with Gasteiger partial charge in [0.25, 0.3) is 5.91 Å². The summed E-state index contributed by atoms with van der Waals surface area (Å²) in [6.07, 6.45) is 1.76. The lowest BCUT2D eigenvalue weighted by atomic mass is 10.3. The topological polar surface area (TPSA) is 83.6 Å². The van der Waals surface area contributed by atoms with Crippen LogP contribution in [-0.2, 0) is 13.0 Å². The molecule has 0 bridgehead atoms. The van der Waals surface area contributed by atoms with Crippen molar-refractivity contribution >= 4 is 17.2 Å². The molecule has 0 saturated carbocycles. The zero-order chi connectivity index (χ0) is 13.0. The van der Waals surface area contributed by atoms with Crippen molar-refractivity contribution in [3.8, 4) is 0 Å². The predicted octanol–water partition coefficient (Wildman–Crippen LogP) is 1.45. The average Bonchev–Trinajstić information content (AvgIpc) is 2.96. The van der Waals surface area contributed by atoms with Gasteiger partial charge in [-0.25, -0.2) is 9.97 Å². The van der Waals surface area contributed by atoms with Gasteiger partial charge in [-0.05, 0) is 13.3 Å². The zero-order valence-corrected chi connectivity index (χ0v) is 11.2. The average molecular weight is 265 g/mol. The van der Waals surface area contributed by atoms with Crippen LogP contribution in [0.2, 0.25) is 0 Å². The molecule has 1 amide bonds. The number of H-pyrrole nitrogens is 1. The Morgan fingerprint density at radius 1 is 1.50 bits per heavy atom. The smallest absolute Gasteiger partial charge is 0.291 e. The third-order valence-electron chi connectivity index (χ3n) is 2.29. The first-order chi connectivity index (χ1) is 8.69. The third-order valence-corrected chi connectivity index (χ3v) is 3.26. The number of carbonyl (C=O) groups is 1. The van der Waals surface area contributed by atoms with E-state index in [0.717, 1.165) is 29.4 Å². The second-order valence-corrected chi connectivity index (χ2v) is 4.86. The molecule has 6 nitrogen and oxygen atoms in total. The normalized spacial score (nSPS) is 10.6. The molecule has 2 aromatic rings. The van der Waals surface area contributed by atoms with Gasteiger partial charge in [0, 0.05) is 17.5 Å². The molecule has 2 aromatic heterocycles. The van der Waals surface area contributed by atoms with Crippen LogP contribution in [-0.4, -0.2) is 26.1 Å². The van der Waals surface area contributed by atoms with Gasteiger partial charge in [-0.1, -0.05) is 6.92 Å². The number of carbonyl (C=O) groups excluding carboxylic acids is 1. The van der Waals surface area contributed by atoms with Gasteiger partial charge in [-0.3, -0.25) is 9.89 Å². The Bertz CT molecular complexity index is 533. The van der Waals surface area contributed by atoms with Gasteiger partial charge in [-0.15, -0.1) is 16.4 Å². The van der Waals surface area contributed by atoms with Gasteiger partial charge in [0.2, 0.25) is 5.82 Å². The van der Waals surface area contributed by atoms with E-state index in [4.69, 9.17) is 0 Å². The minimum absolute atomic E-state index is 0.187. The summed E-state index contributed by atoms with van der Waals surface area (Å²) < 4.78 is 0. The first kappa shape index (κ1) is 12.7. The number of hydrogen-bond acceptors (Lipinski definition) is 5. The summed E-state index contributed by atoms with van der Waals surface area (Å²) in [5.41, 5.74) is 0.965. The molecule has 0 spiro atoms. The van der Waals surface area contributed by atoms with Gasteiger partial charge in [0.1, 0.15) is 10.8 Å². The Morgan fingerprint density at radius 3 is 3.00 bits per heavy atom. The summed E-state index contributed by atoms with van der Waals surface area (Å²) in [7, 11) is 0. The van der Waals surface area contributed by atoms with Crippen LogP contribution in [0.1, 0.15) is 40.5 Å². The molecule has 0 aromatic carbocycles. The summed E-state index contributed by atoms with van der Waals surface area (Å²) in [6, 6.07) is 0. The van der Waals surface area contributed by atoms with Crippen molar-refractivity contribution in [2.45, 2.75) is 33.2 Å². The van der Waals surface area contributed by atoms with E-state index in [1.807, 2.05) is 19.2 Å². The summed E-state index contributed by atoms with van der Waals surface area (Å²) in [6.45, 7) is 4.39. The van der Waals surface area contributed by atoms with Crippen molar-refractivity contribution in [3.63, 3.8) is 0 Å². The molecule has 0 aliphatic carbocycles. The van der Waals surface area contributed by atoms with Crippen molar-refractivity contribution in [1.82, 2.24) is 25.5 Å². The molecule has 2 N–H and O–H groups in total. The minimum Gasteiger partial charge on any atom is -0.343 e. The van der Waals surface area contributed by atoms with E-state index in [0.29, 0.717) is 6.54 Å². The number of hydrogen-bond donors (Lipinski definition) is 2. The predicted molar refractivity (Wildman–Crippen MR) is 68.4 cm³/mol. The first-order valence-electron chi connectivity index (χ1n) is 5.79. The molecule has 2 rings (SSSR count). The fourth-order valence-corrected chi connectivity index (χ4v) is 2.18. The van der Waals surface area contributed by atoms with Crippen LogP contribution in [0.15, 0.2) is 5.38 Å². The van der Waals surface area contributed by atoms with Crippen molar-refractivity contribution in [1.29, 1.82) is 0 Å². The van der Waals surface area contributed by atoms with E-state index in [1.165, 1.54) is 11.3 Å². The Labute approximate surface area is 109 Å². The monoisotopic (exact) mass is 265 g/mol. The van der Waals surface area contributed by atoms with E-state index in [2.05, 4.69) is 25.5 Å². The van der Waals surface area contributed by atoms with Crippen molar-refractivity contribution in [2.75, 3.05) is 0 Å². The van der Waals surface area contributed by atoms with Crippen LogP contribution in [0.3, 0.4) is 0 Å². The molecular formula is C11H15N5OS. The zero-order valence-electron chi connectivity index (χ0n) is 10.4. The van der Waals surface area contributed by atoms with E-state index in [9.17, 15) is 4.79 Å². The minimum atomic E-state index is -0.276. The van der Waals surface area contributed by atoms with Crippen LogP contribution in [0.4, 0.5) is 0 Å². The number of rotatable bonds is 5. The highest BCUT2D eigenvalue weighted by Crippen LogP contribution is 2.08. The molecule has 0 aliphatic rings. The van der Waals surface area contributed by atoms with Crippen LogP contribution in [0.25, 0.3) is 0 Å². The van der Waals surface area contributed by atoms with E-state index in [-0.39, 0.29) is 11.7 Å². The lowest BCUT2D eigenvalue weighted by Gasteiger charge is -1.98. The van der Waals surface area contributed by atoms with E-state index >= 15 is 0 Å². The standard InChI is InChI=1S/C11H15N5OS/c1-3-4-8-14-10(16-15-8)11(17)12-5-9-13-7(2)6-18-9/h6H,3-5H2,1-2H3,(H,12,17)(H,14,15,16). The van der Waals surface area contributed by atoms with E-state index < -0.39 is 0 Å². The highest BCUT2D eigenvalue weighted by atomic mass is 32.1. The number of nitrogens with one attached hydrogen (secondary N) is 2. The maximum absolute atomic E-state index is 11.8. The largest absolute Gasteiger partial charge is 0.343 e. The Hall–Kier alpha value is -1.76. The SMILES string of the molecule is CCCc1nc(C(=O)NCc2nc(C)cs2)n[nH]1. The van der Waals surface area contributed by atoms with Gasteiger partial charge in [-0.2, -0.15) is 0 Å². The Kier molecular flexibility index (Phi) is 4.03. The summed E-state index contributed by atoms with van der Waals surface area (Å²) in [4.78, 5) is 20.2. The van der Waals surface area contributed by atoms with Gasteiger partial charge < -0.3 is 5.32 Å². The molecule has 0 atom stereocenters. The molecule has 0 saturated heterocycles. The Balaban J connectivity index is 1.90. The maximum Gasteiger partial charge on any atom is 0.291 e. The van der Waals surface area contributed by atoms with E-state index in [1.54, 1.807) is 0 Å². The summed E-state index contributed by atoms with van der Waals surface area (Å²) >= 11 is 1.53. The van der Waals surface area contributed by atoms with Crippen LogP contribution < -0.4 is 5.32 Å². The number of amides is 1. The molecule has 0 unspecified atom stereocenters. The maximum atomic E-state index is 11.8. The number of aromatic nitrogens is 4. The lowest BCUT2D eigenvalue weighted by Crippen LogP contribution is -2.24. The summed E-state index contributed by atoms with van der Waals surface area (Å²) in [5.74, 6) is 0.654. The van der Waals surface area contributed by atoms with Crippen LogP contribution >= 0.6 is 11.3 Å². The van der Waals surface area contributed by atoms with Crippen molar-refractivity contribution in [3.05, 3.63) is 27.7 Å². The van der Waals surface area contributed by atoms with Gasteiger partial charge >= 0.3 is 0 Å². The molecule has 0 aliphatic heterocycles. The molecule has 0 fully saturated rings. The first-order valence-corrected chi connectivity index (χ1v) is 6.67. The molecular weight excluding hydrogens is 250 g/mol. The number of thiazole rings is 1. The molecule has 96 valence electrons. The number of aromatic amines is 1. The molecule has 7 heteroatoms. The molecule has 2 heterocycles. The van der Waals surface area contributed by atoms with Crippen molar-refractivity contribution in [2.24, 2.45) is 0 Å². The second kappa shape index (κ2) is 5.72.